The number of benzene rings is 10. The Balaban J connectivity index is 1.06. The SMILES string of the molecule is c1ccc(N(c2ccc3c(c2)oc2cccc(C4(c5ccccc5)c5ccccc5-c5ccccc54)c23)c2cccc3c2-c2ccccc2C3(c2ccccc2)c2ccccc2)cc1. The Morgan fingerprint density at radius 2 is 0.781 bits per heavy atom. The molecule has 0 atom stereocenters. The third kappa shape index (κ3) is 4.97. The lowest BCUT2D eigenvalue weighted by Crippen LogP contribution is -2.28. The number of nitrogens with zero attached hydrogens (tertiary/aromatic N) is 1. The number of anilines is 3. The zero-order chi connectivity index (χ0) is 42.2. The van der Waals surface area contributed by atoms with Crippen LogP contribution in [0.15, 0.2) is 253 Å². The minimum absolute atomic E-state index is 0.516. The van der Waals surface area contributed by atoms with E-state index in [1.54, 1.807) is 0 Å². The Labute approximate surface area is 373 Å². The van der Waals surface area contributed by atoms with E-state index in [-0.39, 0.29) is 0 Å². The lowest BCUT2D eigenvalue weighted by Gasteiger charge is -2.34. The van der Waals surface area contributed by atoms with Crippen LogP contribution in [0.4, 0.5) is 17.1 Å². The molecule has 1 heterocycles. The fourth-order valence-corrected chi connectivity index (χ4v) is 11.6. The van der Waals surface area contributed by atoms with Crippen LogP contribution in [0.1, 0.15) is 44.5 Å². The second-order valence-electron chi connectivity index (χ2n) is 17.1. The quantitative estimate of drug-likeness (QED) is 0.159. The zero-order valence-corrected chi connectivity index (χ0v) is 35.0. The Bertz CT molecular complexity index is 3470. The number of rotatable bonds is 7. The van der Waals surface area contributed by atoms with Crippen molar-refractivity contribution in [3.05, 3.63) is 293 Å². The van der Waals surface area contributed by atoms with Gasteiger partial charge in [-0.25, -0.2) is 0 Å². The standard InChI is InChI=1S/C62H41NO/c1-5-21-42(22-6-1)61(43-23-7-2-8-24-43)53-34-18-15-31-49(53)59-54(61)35-19-37-56(59)63(45-27-11-4-12-28-45)46-39-40-50-58(41-46)64-57-38-20-36-55(60(50)57)62(44-25-9-3-10-26-44)51-32-16-13-29-47(51)48-30-14-17-33-52(48)62/h1-41H. The van der Waals surface area contributed by atoms with Gasteiger partial charge < -0.3 is 9.32 Å². The smallest absolute Gasteiger partial charge is 0.137 e. The van der Waals surface area contributed by atoms with Crippen LogP contribution in [0.5, 0.6) is 0 Å². The first-order chi connectivity index (χ1) is 31.8. The summed E-state index contributed by atoms with van der Waals surface area (Å²) in [7, 11) is 0. The van der Waals surface area contributed by atoms with Crippen molar-refractivity contribution in [3.63, 3.8) is 0 Å². The largest absolute Gasteiger partial charge is 0.456 e. The molecule has 11 aromatic rings. The number of furan rings is 1. The molecule has 0 saturated carbocycles. The average Bonchev–Trinajstić information content (AvgIpc) is 4.01. The fourth-order valence-electron chi connectivity index (χ4n) is 11.6. The first-order valence-corrected chi connectivity index (χ1v) is 22.2. The van der Waals surface area contributed by atoms with Gasteiger partial charge in [-0.2, -0.15) is 0 Å². The van der Waals surface area contributed by atoms with Crippen LogP contribution in [-0.2, 0) is 10.8 Å². The van der Waals surface area contributed by atoms with E-state index in [9.17, 15) is 0 Å². The number of hydrogen-bond donors (Lipinski definition) is 0. The molecular formula is C62H41NO. The molecule has 0 amide bonds. The van der Waals surface area contributed by atoms with E-state index in [2.05, 4.69) is 254 Å². The molecule has 10 aromatic carbocycles. The molecule has 64 heavy (non-hydrogen) atoms. The Kier molecular flexibility index (Phi) is 8.07. The first-order valence-electron chi connectivity index (χ1n) is 22.2. The van der Waals surface area contributed by atoms with Crippen LogP contribution in [0.3, 0.4) is 0 Å². The van der Waals surface area contributed by atoms with E-state index < -0.39 is 10.8 Å². The second kappa shape index (κ2) is 14.2. The molecular weight excluding hydrogens is 775 g/mol. The molecule has 2 aliphatic rings. The van der Waals surface area contributed by atoms with Gasteiger partial charge in [-0.3, -0.25) is 0 Å². The van der Waals surface area contributed by atoms with Gasteiger partial charge in [0.25, 0.3) is 0 Å². The van der Waals surface area contributed by atoms with Crippen LogP contribution >= 0.6 is 0 Å². The number of para-hydroxylation sites is 1. The summed E-state index contributed by atoms with van der Waals surface area (Å²) in [5.74, 6) is 0. The molecule has 2 aliphatic carbocycles. The van der Waals surface area contributed by atoms with Gasteiger partial charge in [0.1, 0.15) is 11.2 Å². The van der Waals surface area contributed by atoms with E-state index >= 15 is 0 Å². The molecule has 0 fully saturated rings. The van der Waals surface area contributed by atoms with E-state index in [0.717, 1.165) is 39.0 Å². The van der Waals surface area contributed by atoms with Gasteiger partial charge in [-0.05, 0) is 97.6 Å². The van der Waals surface area contributed by atoms with E-state index in [4.69, 9.17) is 4.42 Å². The van der Waals surface area contributed by atoms with Crippen molar-refractivity contribution in [3.8, 4) is 22.3 Å². The summed E-state index contributed by atoms with van der Waals surface area (Å²) in [6, 6.07) is 91.0. The summed E-state index contributed by atoms with van der Waals surface area (Å²) < 4.78 is 7.04. The third-order valence-electron chi connectivity index (χ3n) is 14.0. The molecule has 1 aromatic heterocycles. The third-order valence-corrected chi connectivity index (χ3v) is 14.0. The highest BCUT2D eigenvalue weighted by molar-refractivity contribution is 6.10. The summed E-state index contributed by atoms with van der Waals surface area (Å²) >= 11 is 0. The van der Waals surface area contributed by atoms with Gasteiger partial charge in [0.2, 0.25) is 0 Å². The summed E-state index contributed by atoms with van der Waals surface area (Å²) in [6.45, 7) is 0. The Morgan fingerprint density at radius 3 is 1.39 bits per heavy atom. The highest BCUT2D eigenvalue weighted by atomic mass is 16.3. The normalized spacial score (nSPS) is 13.9. The highest BCUT2D eigenvalue weighted by Crippen LogP contribution is 2.61. The monoisotopic (exact) mass is 815 g/mol. The van der Waals surface area contributed by atoms with Crippen LogP contribution < -0.4 is 4.90 Å². The maximum atomic E-state index is 7.04. The van der Waals surface area contributed by atoms with Crippen LogP contribution in [-0.4, -0.2) is 0 Å². The molecule has 0 unspecified atom stereocenters. The molecule has 0 spiro atoms. The van der Waals surface area contributed by atoms with E-state index in [1.165, 1.54) is 66.8 Å². The van der Waals surface area contributed by atoms with Crippen LogP contribution in [0, 0.1) is 0 Å². The topological polar surface area (TPSA) is 16.4 Å². The first kappa shape index (κ1) is 36.5. The molecule has 0 bridgehead atoms. The Morgan fingerprint density at radius 1 is 0.312 bits per heavy atom. The summed E-state index contributed by atoms with van der Waals surface area (Å²) in [6.07, 6.45) is 0. The molecule has 2 nitrogen and oxygen atoms in total. The van der Waals surface area contributed by atoms with Gasteiger partial charge in [0, 0.05) is 33.8 Å². The van der Waals surface area contributed by atoms with Crippen molar-refractivity contribution < 1.29 is 4.42 Å². The summed E-state index contributed by atoms with van der Waals surface area (Å²) in [4.78, 5) is 2.42. The highest BCUT2D eigenvalue weighted by Gasteiger charge is 2.49. The summed E-state index contributed by atoms with van der Waals surface area (Å²) in [5, 5.41) is 2.23. The van der Waals surface area contributed by atoms with Crippen molar-refractivity contribution >= 4 is 39.0 Å². The predicted molar refractivity (Wildman–Crippen MR) is 263 cm³/mol. The molecule has 0 N–H and O–H groups in total. The summed E-state index contributed by atoms with van der Waals surface area (Å²) in [5.41, 5.74) is 18.9. The molecule has 2 heteroatoms. The van der Waals surface area contributed by atoms with Gasteiger partial charge in [-0.15, -0.1) is 0 Å². The minimum atomic E-state index is -0.554. The molecule has 0 aliphatic heterocycles. The maximum absolute atomic E-state index is 7.04. The van der Waals surface area contributed by atoms with Gasteiger partial charge in [-0.1, -0.05) is 206 Å². The van der Waals surface area contributed by atoms with E-state index in [1.807, 2.05) is 0 Å². The van der Waals surface area contributed by atoms with Crippen molar-refractivity contribution in [1.82, 2.24) is 0 Å². The molecule has 0 saturated heterocycles. The minimum Gasteiger partial charge on any atom is -0.456 e. The van der Waals surface area contributed by atoms with Gasteiger partial charge in [0.15, 0.2) is 0 Å². The van der Waals surface area contributed by atoms with Crippen molar-refractivity contribution in [2.75, 3.05) is 4.90 Å². The predicted octanol–water partition coefficient (Wildman–Crippen LogP) is 15.8. The zero-order valence-electron chi connectivity index (χ0n) is 35.0. The van der Waals surface area contributed by atoms with Crippen molar-refractivity contribution in [2.24, 2.45) is 0 Å². The lowest BCUT2D eigenvalue weighted by molar-refractivity contribution is 0.667. The van der Waals surface area contributed by atoms with Crippen LogP contribution in [0.25, 0.3) is 44.2 Å². The molecule has 300 valence electrons. The van der Waals surface area contributed by atoms with Gasteiger partial charge in [0.05, 0.1) is 16.5 Å². The average molecular weight is 816 g/mol. The second-order valence-corrected chi connectivity index (χ2v) is 17.1. The molecule has 0 radical (unpaired) electrons. The van der Waals surface area contributed by atoms with Gasteiger partial charge >= 0.3 is 0 Å². The van der Waals surface area contributed by atoms with Crippen molar-refractivity contribution in [1.29, 1.82) is 0 Å². The fraction of sp³-hybridized carbons (Fsp3) is 0.0323. The lowest BCUT2D eigenvalue weighted by atomic mass is 9.66. The molecule has 13 rings (SSSR count). The Hall–Kier alpha value is -8.20. The van der Waals surface area contributed by atoms with Crippen molar-refractivity contribution in [2.45, 2.75) is 10.8 Å². The number of hydrogen-bond acceptors (Lipinski definition) is 2. The maximum Gasteiger partial charge on any atom is 0.137 e. The van der Waals surface area contributed by atoms with E-state index in [0.29, 0.717) is 0 Å². The van der Waals surface area contributed by atoms with Crippen LogP contribution in [0.2, 0.25) is 0 Å². The number of fused-ring (bicyclic) bond motifs is 9.